The minimum Gasteiger partial charge on any atom is -0.508 e. The molecule has 126 valence electrons. The van der Waals surface area contributed by atoms with Crippen molar-refractivity contribution in [1.29, 1.82) is 0 Å². The lowest BCUT2D eigenvalue weighted by molar-refractivity contribution is -0.121. The summed E-state index contributed by atoms with van der Waals surface area (Å²) in [6.07, 6.45) is 2.19. The molecule has 0 spiro atoms. The van der Waals surface area contributed by atoms with Crippen molar-refractivity contribution in [2.24, 2.45) is 5.10 Å². The molecule has 0 aliphatic rings. The number of carbonyl (C=O) groups is 1. The van der Waals surface area contributed by atoms with Gasteiger partial charge in [0.05, 0.1) is 6.21 Å². The normalized spacial score (nSPS) is 12.1. The fraction of sp³-hybridized carbons (Fsp3) is 0.263. The van der Waals surface area contributed by atoms with Gasteiger partial charge in [0.2, 0.25) is 0 Å². The Labute approximate surface area is 142 Å². The van der Waals surface area contributed by atoms with Crippen molar-refractivity contribution in [2.45, 2.75) is 33.2 Å². The molecule has 0 saturated carbocycles. The van der Waals surface area contributed by atoms with E-state index in [4.69, 9.17) is 0 Å². The van der Waals surface area contributed by atoms with Crippen LogP contribution in [0.3, 0.4) is 0 Å². The van der Waals surface area contributed by atoms with Crippen LogP contribution in [0.15, 0.2) is 47.6 Å². The Morgan fingerprint density at radius 1 is 1.21 bits per heavy atom. The zero-order valence-corrected chi connectivity index (χ0v) is 14.2. The van der Waals surface area contributed by atoms with Crippen molar-refractivity contribution in [3.8, 4) is 5.75 Å². The lowest BCUT2D eigenvalue weighted by atomic mass is 10.1. The van der Waals surface area contributed by atoms with E-state index in [1.54, 1.807) is 30.5 Å². The molecule has 2 aromatic rings. The summed E-state index contributed by atoms with van der Waals surface area (Å²) < 4.78 is 0. The Morgan fingerprint density at radius 2 is 1.92 bits per heavy atom. The maximum Gasteiger partial charge on any atom is 0.262 e. The first-order valence-electron chi connectivity index (χ1n) is 7.95. The van der Waals surface area contributed by atoms with Gasteiger partial charge in [0.1, 0.15) is 11.8 Å². The quantitative estimate of drug-likeness (QED) is 0.563. The summed E-state index contributed by atoms with van der Waals surface area (Å²) in [7, 11) is 0. The number of nitrogens with one attached hydrogen (secondary N) is 2. The monoisotopic (exact) mass is 325 g/mol. The highest BCUT2D eigenvalue weighted by atomic mass is 16.3. The smallest absolute Gasteiger partial charge is 0.262 e. The number of aryl methyl sites for hydroxylation is 2. The van der Waals surface area contributed by atoms with E-state index in [9.17, 15) is 9.90 Å². The van der Waals surface area contributed by atoms with Gasteiger partial charge in [-0.15, -0.1) is 0 Å². The largest absolute Gasteiger partial charge is 0.508 e. The Balaban J connectivity index is 1.97. The van der Waals surface area contributed by atoms with Crippen LogP contribution in [-0.4, -0.2) is 23.3 Å². The van der Waals surface area contributed by atoms with E-state index in [2.05, 4.69) is 21.9 Å². The molecule has 0 unspecified atom stereocenters. The molecular weight excluding hydrogens is 302 g/mol. The number of carbonyl (C=O) groups excluding carboxylic acids is 1. The molecule has 0 aliphatic heterocycles. The van der Waals surface area contributed by atoms with Gasteiger partial charge in [-0.2, -0.15) is 5.10 Å². The Bertz CT molecular complexity index is 724. The third-order valence-electron chi connectivity index (χ3n) is 3.72. The van der Waals surface area contributed by atoms with Crippen LogP contribution in [0.5, 0.6) is 5.75 Å². The first kappa shape index (κ1) is 17.5. The molecule has 2 aromatic carbocycles. The van der Waals surface area contributed by atoms with E-state index in [1.807, 2.05) is 32.9 Å². The third kappa shape index (κ3) is 4.84. The van der Waals surface area contributed by atoms with Crippen LogP contribution in [0.1, 0.15) is 30.0 Å². The van der Waals surface area contributed by atoms with Crippen molar-refractivity contribution in [3.05, 3.63) is 59.2 Å². The maximum absolute atomic E-state index is 12.3. The first-order valence-corrected chi connectivity index (χ1v) is 7.95. The third-order valence-corrected chi connectivity index (χ3v) is 3.72. The van der Waals surface area contributed by atoms with E-state index in [0.717, 1.165) is 16.8 Å². The highest BCUT2D eigenvalue weighted by molar-refractivity contribution is 5.87. The van der Waals surface area contributed by atoms with Gasteiger partial charge >= 0.3 is 0 Å². The van der Waals surface area contributed by atoms with Crippen LogP contribution in [-0.2, 0) is 4.79 Å². The second-order valence-electron chi connectivity index (χ2n) is 5.75. The maximum atomic E-state index is 12.3. The van der Waals surface area contributed by atoms with Crippen molar-refractivity contribution >= 4 is 17.8 Å². The molecule has 1 atom stereocenters. The molecule has 0 heterocycles. The van der Waals surface area contributed by atoms with Gasteiger partial charge in [0.15, 0.2) is 0 Å². The average molecular weight is 325 g/mol. The number of hydrogen-bond donors (Lipinski definition) is 3. The highest BCUT2D eigenvalue weighted by Gasteiger charge is 2.16. The van der Waals surface area contributed by atoms with Gasteiger partial charge in [0.25, 0.3) is 5.91 Å². The fourth-order valence-electron chi connectivity index (χ4n) is 2.32. The number of rotatable bonds is 6. The van der Waals surface area contributed by atoms with Crippen molar-refractivity contribution < 1.29 is 9.90 Å². The average Bonchev–Trinajstić information content (AvgIpc) is 2.56. The molecule has 5 nitrogen and oxygen atoms in total. The fourth-order valence-corrected chi connectivity index (χ4v) is 2.32. The summed E-state index contributed by atoms with van der Waals surface area (Å²) in [6, 6.07) is 12.3. The number of anilines is 1. The van der Waals surface area contributed by atoms with Crippen molar-refractivity contribution in [3.63, 3.8) is 0 Å². The number of amides is 1. The molecule has 0 bridgehead atoms. The lowest BCUT2D eigenvalue weighted by Crippen LogP contribution is -2.37. The number of phenols is 1. The van der Waals surface area contributed by atoms with Crippen LogP contribution in [0.2, 0.25) is 0 Å². The standard InChI is InChI=1S/C19H23N3O2/c1-4-17(21-18-10-5-13(2)11-14(18)3)19(24)22-20-12-15-6-8-16(23)9-7-15/h5-12,17,21,23H,4H2,1-3H3,(H,22,24)/b20-12+/t17-/m1/s1. The van der Waals surface area contributed by atoms with E-state index in [1.165, 1.54) is 5.56 Å². The molecule has 0 aromatic heterocycles. The van der Waals surface area contributed by atoms with Gasteiger partial charge in [-0.05, 0) is 61.7 Å². The second kappa shape index (κ2) is 8.15. The molecule has 3 N–H and O–H groups in total. The van der Waals surface area contributed by atoms with E-state index in [-0.39, 0.29) is 17.7 Å². The zero-order chi connectivity index (χ0) is 17.5. The van der Waals surface area contributed by atoms with Gasteiger partial charge in [-0.3, -0.25) is 4.79 Å². The predicted octanol–water partition coefficient (Wildman–Crippen LogP) is 3.35. The summed E-state index contributed by atoms with van der Waals surface area (Å²) in [5, 5.41) is 16.5. The van der Waals surface area contributed by atoms with Gasteiger partial charge in [-0.1, -0.05) is 24.6 Å². The Hall–Kier alpha value is -2.82. The van der Waals surface area contributed by atoms with Gasteiger partial charge in [-0.25, -0.2) is 5.43 Å². The Morgan fingerprint density at radius 3 is 2.54 bits per heavy atom. The van der Waals surface area contributed by atoms with Crippen molar-refractivity contribution in [1.82, 2.24) is 5.43 Å². The molecule has 2 rings (SSSR count). The SMILES string of the molecule is CC[C@@H](Nc1ccc(C)cc1C)C(=O)N/N=C/c1ccc(O)cc1. The van der Waals surface area contributed by atoms with Crippen LogP contribution < -0.4 is 10.7 Å². The number of hydrazone groups is 1. The molecule has 1 amide bonds. The lowest BCUT2D eigenvalue weighted by Gasteiger charge is -2.18. The van der Waals surface area contributed by atoms with Crippen LogP contribution in [0.25, 0.3) is 0 Å². The minimum absolute atomic E-state index is 0.187. The van der Waals surface area contributed by atoms with Crippen LogP contribution >= 0.6 is 0 Å². The summed E-state index contributed by atoms with van der Waals surface area (Å²) in [6.45, 7) is 6.01. The predicted molar refractivity (Wildman–Crippen MR) is 97.5 cm³/mol. The number of hydrogen-bond acceptors (Lipinski definition) is 4. The second-order valence-corrected chi connectivity index (χ2v) is 5.75. The minimum atomic E-state index is -0.358. The van der Waals surface area contributed by atoms with Gasteiger partial charge < -0.3 is 10.4 Å². The molecule has 24 heavy (non-hydrogen) atoms. The zero-order valence-electron chi connectivity index (χ0n) is 14.2. The number of phenolic OH excluding ortho intramolecular Hbond substituents is 1. The Kier molecular flexibility index (Phi) is 5.95. The van der Waals surface area contributed by atoms with Gasteiger partial charge in [0, 0.05) is 5.69 Å². The summed E-state index contributed by atoms with van der Waals surface area (Å²) >= 11 is 0. The number of aromatic hydroxyl groups is 1. The van der Waals surface area contributed by atoms with E-state index < -0.39 is 0 Å². The van der Waals surface area contributed by atoms with Crippen LogP contribution in [0, 0.1) is 13.8 Å². The number of benzene rings is 2. The summed E-state index contributed by atoms with van der Waals surface area (Å²) in [5.41, 5.74) is 6.59. The molecule has 0 fully saturated rings. The number of nitrogens with zero attached hydrogens (tertiary/aromatic N) is 1. The van der Waals surface area contributed by atoms with Crippen LogP contribution in [0.4, 0.5) is 5.69 Å². The molecule has 0 radical (unpaired) electrons. The summed E-state index contributed by atoms with van der Waals surface area (Å²) in [4.78, 5) is 12.3. The molecule has 0 saturated heterocycles. The van der Waals surface area contributed by atoms with E-state index in [0.29, 0.717) is 6.42 Å². The molecular formula is C19H23N3O2. The van der Waals surface area contributed by atoms with E-state index >= 15 is 0 Å². The highest BCUT2D eigenvalue weighted by Crippen LogP contribution is 2.17. The van der Waals surface area contributed by atoms with Crippen molar-refractivity contribution in [2.75, 3.05) is 5.32 Å². The molecule has 0 aliphatic carbocycles. The summed E-state index contributed by atoms with van der Waals surface area (Å²) in [5.74, 6) is 0.00686. The molecule has 5 heteroatoms. The topological polar surface area (TPSA) is 73.7 Å². The first-order chi connectivity index (χ1) is 11.5.